The molecule has 0 bridgehead atoms. The van der Waals surface area contributed by atoms with Crippen molar-refractivity contribution in [3.63, 3.8) is 0 Å². The van der Waals surface area contributed by atoms with Crippen molar-refractivity contribution in [1.82, 2.24) is 5.16 Å². The van der Waals surface area contributed by atoms with Gasteiger partial charge in [0.25, 0.3) is 0 Å². The number of aryl methyl sites for hydroxylation is 1. The van der Waals surface area contributed by atoms with Crippen LogP contribution in [0.5, 0.6) is 0 Å². The van der Waals surface area contributed by atoms with Crippen molar-refractivity contribution < 1.29 is 9.45 Å². The zero-order valence-corrected chi connectivity index (χ0v) is 13.9. The summed E-state index contributed by atoms with van der Waals surface area (Å²) in [7, 11) is 0. The second kappa shape index (κ2) is 7.31. The predicted molar refractivity (Wildman–Crippen MR) is 93.1 cm³/mol. The first-order chi connectivity index (χ1) is 11.6. The Morgan fingerprint density at radius 1 is 1.12 bits per heavy atom. The zero-order valence-electron chi connectivity index (χ0n) is 13.1. The molecule has 5 nitrogen and oxygen atoms in total. The molecule has 0 spiro atoms. The lowest BCUT2D eigenvalue weighted by molar-refractivity contribution is -0.386. The third kappa shape index (κ3) is 3.65. The fraction of sp³-hybridized carbons (Fsp3) is 0.167. The van der Waals surface area contributed by atoms with Gasteiger partial charge in [0.1, 0.15) is 0 Å². The summed E-state index contributed by atoms with van der Waals surface area (Å²) in [5.74, 6) is 0.315. The van der Waals surface area contributed by atoms with E-state index in [9.17, 15) is 10.1 Å². The lowest BCUT2D eigenvalue weighted by atomic mass is 10.1. The van der Waals surface area contributed by atoms with Gasteiger partial charge in [0.15, 0.2) is 5.69 Å². The van der Waals surface area contributed by atoms with Crippen LogP contribution in [-0.4, -0.2) is 10.1 Å². The third-order valence-electron chi connectivity index (χ3n) is 3.65. The summed E-state index contributed by atoms with van der Waals surface area (Å²) >= 11 is 1.66. The minimum atomic E-state index is -0.420. The van der Waals surface area contributed by atoms with Crippen LogP contribution in [-0.2, 0) is 6.42 Å². The number of benzene rings is 2. The van der Waals surface area contributed by atoms with E-state index in [1.165, 1.54) is 0 Å². The SMILES string of the molecule is Cc1noc(C[C@@H](Sc2ccccc2)c2ccccc2)c1[N+](=O)[O-]. The Morgan fingerprint density at radius 3 is 2.38 bits per heavy atom. The summed E-state index contributed by atoms with van der Waals surface area (Å²) in [6, 6.07) is 19.9. The Bertz CT molecular complexity index is 819. The van der Waals surface area contributed by atoms with E-state index in [4.69, 9.17) is 4.52 Å². The molecule has 1 aromatic heterocycles. The van der Waals surface area contributed by atoms with Crippen LogP contribution in [0, 0.1) is 17.0 Å². The Kier molecular flexibility index (Phi) is 4.96. The van der Waals surface area contributed by atoms with E-state index >= 15 is 0 Å². The smallest absolute Gasteiger partial charge is 0.334 e. The number of nitrogens with zero attached hydrogens (tertiary/aromatic N) is 2. The average Bonchev–Trinajstić information content (AvgIpc) is 2.96. The monoisotopic (exact) mass is 340 g/mol. The maximum absolute atomic E-state index is 11.3. The van der Waals surface area contributed by atoms with Crippen molar-refractivity contribution in [3.8, 4) is 0 Å². The maximum atomic E-state index is 11.3. The van der Waals surface area contributed by atoms with Crippen molar-refractivity contribution in [2.45, 2.75) is 23.5 Å². The molecule has 0 aliphatic rings. The van der Waals surface area contributed by atoms with Crippen molar-refractivity contribution in [2.75, 3.05) is 0 Å². The standard InChI is InChI=1S/C18H16N2O3S/c1-13-18(20(21)22)16(23-19-13)12-17(14-8-4-2-5-9-14)24-15-10-6-3-7-11-15/h2-11,17H,12H2,1H3/t17-/m1/s1. The molecule has 0 saturated carbocycles. The van der Waals surface area contributed by atoms with E-state index in [1.807, 2.05) is 60.7 Å². The van der Waals surface area contributed by atoms with E-state index in [0.29, 0.717) is 17.9 Å². The normalized spacial score (nSPS) is 12.0. The lowest BCUT2D eigenvalue weighted by Gasteiger charge is -2.15. The van der Waals surface area contributed by atoms with Gasteiger partial charge in [-0.2, -0.15) is 0 Å². The van der Waals surface area contributed by atoms with Gasteiger partial charge in [0, 0.05) is 16.6 Å². The summed E-state index contributed by atoms with van der Waals surface area (Å²) < 4.78 is 5.24. The van der Waals surface area contributed by atoms with Gasteiger partial charge in [-0.3, -0.25) is 10.1 Å². The highest BCUT2D eigenvalue weighted by atomic mass is 32.2. The molecule has 0 amide bonds. The molecule has 1 heterocycles. The van der Waals surface area contributed by atoms with Gasteiger partial charge in [-0.1, -0.05) is 53.7 Å². The minimum Gasteiger partial charge on any atom is -0.354 e. The fourth-order valence-corrected chi connectivity index (χ4v) is 3.68. The molecule has 1 atom stereocenters. The van der Waals surface area contributed by atoms with Crippen molar-refractivity contribution >= 4 is 17.4 Å². The molecule has 0 unspecified atom stereocenters. The van der Waals surface area contributed by atoms with Crippen LogP contribution in [0.2, 0.25) is 0 Å². The summed E-state index contributed by atoms with van der Waals surface area (Å²) in [6.07, 6.45) is 0.403. The van der Waals surface area contributed by atoms with Gasteiger partial charge in [-0.15, -0.1) is 11.8 Å². The summed E-state index contributed by atoms with van der Waals surface area (Å²) in [6.45, 7) is 1.59. The molecule has 0 N–H and O–H groups in total. The highest BCUT2D eigenvalue weighted by Crippen LogP contribution is 2.39. The summed E-state index contributed by atoms with van der Waals surface area (Å²) in [4.78, 5) is 12.0. The Balaban J connectivity index is 1.92. The van der Waals surface area contributed by atoms with Crippen LogP contribution in [0.3, 0.4) is 0 Å². The molecule has 122 valence electrons. The average molecular weight is 340 g/mol. The van der Waals surface area contributed by atoms with E-state index in [1.54, 1.807) is 18.7 Å². The van der Waals surface area contributed by atoms with E-state index in [-0.39, 0.29) is 10.9 Å². The van der Waals surface area contributed by atoms with E-state index < -0.39 is 4.92 Å². The van der Waals surface area contributed by atoms with E-state index in [0.717, 1.165) is 10.5 Å². The van der Waals surface area contributed by atoms with Gasteiger partial charge < -0.3 is 4.52 Å². The van der Waals surface area contributed by atoms with Crippen LogP contribution < -0.4 is 0 Å². The first-order valence-electron chi connectivity index (χ1n) is 7.51. The maximum Gasteiger partial charge on any atom is 0.334 e. The number of hydrogen-bond donors (Lipinski definition) is 0. The summed E-state index contributed by atoms with van der Waals surface area (Å²) in [5.41, 5.74) is 1.38. The molecule has 24 heavy (non-hydrogen) atoms. The summed E-state index contributed by atoms with van der Waals surface area (Å²) in [5, 5.41) is 15.0. The number of nitro groups is 1. The topological polar surface area (TPSA) is 69.2 Å². The quantitative estimate of drug-likeness (QED) is 0.360. The fourth-order valence-electron chi connectivity index (χ4n) is 2.51. The Labute approximate surface area is 143 Å². The number of rotatable bonds is 6. The molecule has 0 saturated heterocycles. The largest absolute Gasteiger partial charge is 0.354 e. The molecule has 0 aliphatic heterocycles. The molecule has 3 aromatic rings. The molecule has 2 aromatic carbocycles. The van der Waals surface area contributed by atoms with Gasteiger partial charge in [0.2, 0.25) is 5.76 Å². The predicted octanol–water partition coefficient (Wildman–Crippen LogP) is 4.97. The van der Waals surface area contributed by atoms with Gasteiger partial charge in [-0.05, 0) is 24.6 Å². The number of thioether (sulfide) groups is 1. The zero-order chi connectivity index (χ0) is 16.9. The second-order valence-corrected chi connectivity index (χ2v) is 6.61. The first-order valence-corrected chi connectivity index (χ1v) is 8.39. The van der Waals surface area contributed by atoms with E-state index in [2.05, 4.69) is 5.16 Å². The molecule has 6 heteroatoms. The van der Waals surface area contributed by atoms with Gasteiger partial charge >= 0.3 is 5.69 Å². The Hall–Kier alpha value is -2.60. The first kappa shape index (κ1) is 16.3. The highest BCUT2D eigenvalue weighted by molar-refractivity contribution is 7.99. The van der Waals surface area contributed by atoms with Gasteiger partial charge in [-0.25, -0.2) is 0 Å². The van der Waals surface area contributed by atoms with Crippen LogP contribution in [0.4, 0.5) is 5.69 Å². The second-order valence-electron chi connectivity index (χ2n) is 5.33. The molecular formula is C18H16N2O3S. The van der Waals surface area contributed by atoms with Crippen molar-refractivity contribution in [2.24, 2.45) is 0 Å². The molecule has 3 rings (SSSR count). The van der Waals surface area contributed by atoms with Crippen LogP contribution in [0.15, 0.2) is 70.1 Å². The van der Waals surface area contributed by atoms with Gasteiger partial charge in [0.05, 0.1) is 4.92 Å². The number of aromatic nitrogens is 1. The van der Waals surface area contributed by atoms with Crippen LogP contribution in [0.25, 0.3) is 0 Å². The van der Waals surface area contributed by atoms with Crippen LogP contribution >= 0.6 is 11.8 Å². The minimum absolute atomic E-state index is 0.000324. The van der Waals surface area contributed by atoms with Crippen LogP contribution in [0.1, 0.15) is 22.3 Å². The molecule has 0 aliphatic carbocycles. The third-order valence-corrected chi connectivity index (χ3v) is 4.91. The van der Waals surface area contributed by atoms with Crippen molar-refractivity contribution in [3.05, 3.63) is 87.8 Å². The number of hydrogen-bond acceptors (Lipinski definition) is 5. The van der Waals surface area contributed by atoms with Crippen molar-refractivity contribution in [1.29, 1.82) is 0 Å². The lowest BCUT2D eigenvalue weighted by Crippen LogP contribution is -2.01. The highest BCUT2D eigenvalue weighted by Gasteiger charge is 2.27. The molecular weight excluding hydrogens is 324 g/mol. The molecule has 0 fully saturated rings. The molecule has 0 radical (unpaired) electrons. The Morgan fingerprint density at radius 2 is 1.75 bits per heavy atom.